The lowest BCUT2D eigenvalue weighted by Gasteiger charge is -2.11. The van der Waals surface area contributed by atoms with Crippen molar-refractivity contribution in [3.63, 3.8) is 0 Å². The molecule has 3 nitrogen and oxygen atoms in total. The minimum absolute atomic E-state index is 0.0220. The van der Waals surface area contributed by atoms with E-state index < -0.39 is 0 Å². The number of halogens is 2. The van der Waals surface area contributed by atoms with Crippen molar-refractivity contribution < 1.29 is 10.1 Å². The lowest BCUT2D eigenvalue weighted by molar-refractivity contribution is -0.682. The van der Waals surface area contributed by atoms with Gasteiger partial charge in [-0.3, -0.25) is 4.79 Å². The van der Waals surface area contributed by atoms with Crippen LogP contribution in [0.1, 0.15) is 18.5 Å². The molecule has 0 bridgehead atoms. The first kappa shape index (κ1) is 16.0. The van der Waals surface area contributed by atoms with Crippen molar-refractivity contribution >= 4 is 39.1 Å². The minimum Gasteiger partial charge on any atom is -0.333 e. The molecule has 0 saturated carbocycles. The van der Waals surface area contributed by atoms with Crippen molar-refractivity contribution in [2.75, 3.05) is 11.9 Å². The molecule has 0 aliphatic rings. The second kappa shape index (κ2) is 7.59. The molecule has 0 fully saturated rings. The van der Waals surface area contributed by atoms with Gasteiger partial charge in [-0.05, 0) is 43.3 Å². The average molecular weight is 369 g/mol. The van der Waals surface area contributed by atoms with Crippen LogP contribution in [0.5, 0.6) is 0 Å². The number of nitrogens with one attached hydrogen (secondary N) is 1. The maximum Gasteiger partial charge on any atom is 0.279 e. The molecule has 0 aromatic heterocycles. The number of carbonyl (C=O) groups excluding carboxylic acids is 1. The SMILES string of the molecule is C[C@@H]([NH2+]CC(=O)Nc1ccc(Br)cc1)c1cccc(Cl)c1. The lowest BCUT2D eigenvalue weighted by atomic mass is 10.1. The van der Waals surface area contributed by atoms with Crippen molar-refractivity contribution in [2.24, 2.45) is 0 Å². The first-order valence-corrected chi connectivity index (χ1v) is 7.86. The molecule has 0 heterocycles. The molecule has 3 N–H and O–H groups in total. The highest BCUT2D eigenvalue weighted by molar-refractivity contribution is 9.10. The maximum atomic E-state index is 11.9. The highest BCUT2D eigenvalue weighted by atomic mass is 79.9. The zero-order valence-corrected chi connectivity index (χ0v) is 14.0. The van der Waals surface area contributed by atoms with Crippen LogP contribution in [0, 0.1) is 0 Å². The Bertz CT molecular complexity index is 616. The van der Waals surface area contributed by atoms with E-state index in [0.717, 1.165) is 15.7 Å². The van der Waals surface area contributed by atoms with Gasteiger partial charge in [-0.25, -0.2) is 0 Å². The van der Waals surface area contributed by atoms with Crippen LogP contribution in [-0.2, 0) is 4.79 Å². The van der Waals surface area contributed by atoms with Gasteiger partial charge >= 0.3 is 0 Å². The van der Waals surface area contributed by atoms with Crippen LogP contribution in [0.4, 0.5) is 5.69 Å². The fraction of sp³-hybridized carbons (Fsp3) is 0.188. The zero-order valence-electron chi connectivity index (χ0n) is 11.6. The highest BCUT2D eigenvalue weighted by Gasteiger charge is 2.11. The third-order valence-corrected chi connectivity index (χ3v) is 3.92. The van der Waals surface area contributed by atoms with E-state index in [-0.39, 0.29) is 11.9 Å². The van der Waals surface area contributed by atoms with Gasteiger partial charge in [-0.1, -0.05) is 39.7 Å². The van der Waals surface area contributed by atoms with Gasteiger partial charge in [0.1, 0.15) is 6.04 Å². The van der Waals surface area contributed by atoms with E-state index in [9.17, 15) is 4.79 Å². The predicted molar refractivity (Wildman–Crippen MR) is 89.4 cm³/mol. The van der Waals surface area contributed by atoms with Gasteiger partial charge in [-0.2, -0.15) is 0 Å². The number of amides is 1. The fourth-order valence-electron chi connectivity index (χ4n) is 1.95. The molecular formula is C16H17BrClN2O+. The molecule has 0 saturated heterocycles. The van der Waals surface area contributed by atoms with Gasteiger partial charge in [0.05, 0.1) is 0 Å². The number of anilines is 1. The number of carbonyl (C=O) groups is 1. The van der Waals surface area contributed by atoms with E-state index in [1.54, 1.807) is 0 Å². The molecule has 5 heteroatoms. The molecule has 21 heavy (non-hydrogen) atoms. The largest absolute Gasteiger partial charge is 0.333 e. The smallest absolute Gasteiger partial charge is 0.279 e. The molecule has 2 aromatic rings. The summed E-state index contributed by atoms with van der Waals surface area (Å²) in [7, 11) is 0. The molecule has 0 radical (unpaired) electrons. The van der Waals surface area contributed by atoms with Gasteiger partial charge in [0.2, 0.25) is 0 Å². The number of rotatable bonds is 5. The molecule has 1 atom stereocenters. The first-order valence-electron chi connectivity index (χ1n) is 6.69. The van der Waals surface area contributed by atoms with Gasteiger partial charge in [0.15, 0.2) is 6.54 Å². The molecule has 0 aliphatic heterocycles. The number of nitrogens with two attached hydrogens (primary N) is 1. The summed E-state index contributed by atoms with van der Waals surface area (Å²) in [5.41, 5.74) is 1.91. The number of quaternary nitrogens is 1. The standard InChI is InChI=1S/C16H16BrClN2O/c1-11(12-3-2-4-14(18)9-12)19-10-16(21)20-15-7-5-13(17)6-8-15/h2-9,11,19H,10H2,1H3,(H,20,21)/p+1/t11-/m1/s1. The van der Waals surface area contributed by atoms with E-state index in [1.807, 2.05) is 53.8 Å². The first-order chi connectivity index (χ1) is 10.0. The Morgan fingerprint density at radius 2 is 2.00 bits per heavy atom. The van der Waals surface area contributed by atoms with E-state index in [4.69, 9.17) is 11.6 Å². The summed E-state index contributed by atoms with van der Waals surface area (Å²) in [6.07, 6.45) is 0. The Hall–Kier alpha value is -1.36. The van der Waals surface area contributed by atoms with Gasteiger partial charge in [0, 0.05) is 20.7 Å². The average Bonchev–Trinajstić information content (AvgIpc) is 2.47. The van der Waals surface area contributed by atoms with Crippen LogP contribution in [0.2, 0.25) is 5.02 Å². The Kier molecular flexibility index (Phi) is 5.79. The van der Waals surface area contributed by atoms with Crippen molar-refractivity contribution in [1.82, 2.24) is 0 Å². The zero-order chi connectivity index (χ0) is 15.2. The van der Waals surface area contributed by atoms with Crippen LogP contribution >= 0.6 is 27.5 Å². The molecule has 2 rings (SSSR count). The van der Waals surface area contributed by atoms with Crippen molar-refractivity contribution in [3.05, 3.63) is 63.6 Å². The summed E-state index contributed by atoms with van der Waals surface area (Å²) < 4.78 is 0.988. The summed E-state index contributed by atoms with van der Waals surface area (Å²) >= 11 is 9.34. The van der Waals surface area contributed by atoms with Crippen LogP contribution in [0.15, 0.2) is 53.0 Å². The Balaban J connectivity index is 1.84. The van der Waals surface area contributed by atoms with Crippen molar-refractivity contribution in [3.8, 4) is 0 Å². The molecular weight excluding hydrogens is 352 g/mol. The Morgan fingerprint density at radius 1 is 1.29 bits per heavy atom. The normalized spacial score (nSPS) is 12.0. The third kappa shape index (κ3) is 5.16. The Morgan fingerprint density at radius 3 is 2.67 bits per heavy atom. The maximum absolute atomic E-state index is 11.9. The Labute approximate surface area is 137 Å². The van der Waals surface area contributed by atoms with Crippen molar-refractivity contribution in [2.45, 2.75) is 13.0 Å². The molecule has 0 aliphatic carbocycles. The second-order valence-corrected chi connectivity index (χ2v) is 6.19. The lowest BCUT2D eigenvalue weighted by Crippen LogP contribution is -2.86. The number of hydrogen-bond acceptors (Lipinski definition) is 1. The molecule has 2 aromatic carbocycles. The molecule has 0 unspecified atom stereocenters. The molecule has 1 amide bonds. The quantitative estimate of drug-likeness (QED) is 0.835. The predicted octanol–water partition coefficient (Wildman–Crippen LogP) is 3.37. The van der Waals surface area contributed by atoms with Crippen molar-refractivity contribution in [1.29, 1.82) is 0 Å². The van der Waals surface area contributed by atoms with E-state index in [0.29, 0.717) is 11.6 Å². The van der Waals surface area contributed by atoms with Gasteiger partial charge < -0.3 is 10.6 Å². The monoisotopic (exact) mass is 367 g/mol. The number of benzene rings is 2. The van der Waals surface area contributed by atoms with E-state index in [1.165, 1.54) is 0 Å². The van der Waals surface area contributed by atoms with Crippen LogP contribution in [-0.4, -0.2) is 12.5 Å². The summed E-state index contributed by atoms with van der Waals surface area (Å²) in [4.78, 5) is 11.9. The summed E-state index contributed by atoms with van der Waals surface area (Å²) in [6.45, 7) is 2.42. The molecule has 0 spiro atoms. The fourth-order valence-corrected chi connectivity index (χ4v) is 2.42. The van der Waals surface area contributed by atoms with Crippen LogP contribution < -0.4 is 10.6 Å². The van der Waals surface area contributed by atoms with Gasteiger partial charge in [-0.15, -0.1) is 0 Å². The van der Waals surface area contributed by atoms with Crippen LogP contribution in [0.3, 0.4) is 0 Å². The van der Waals surface area contributed by atoms with Crippen LogP contribution in [0.25, 0.3) is 0 Å². The summed E-state index contributed by atoms with van der Waals surface area (Å²) in [6, 6.07) is 15.4. The van der Waals surface area contributed by atoms with E-state index >= 15 is 0 Å². The summed E-state index contributed by atoms with van der Waals surface area (Å²) in [5, 5.41) is 5.57. The van der Waals surface area contributed by atoms with E-state index in [2.05, 4.69) is 28.2 Å². The molecule has 110 valence electrons. The topological polar surface area (TPSA) is 45.7 Å². The highest BCUT2D eigenvalue weighted by Crippen LogP contribution is 2.15. The number of hydrogen-bond donors (Lipinski definition) is 2. The summed E-state index contributed by atoms with van der Waals surface area (Å²) in [5.74, 6) is -0.0220. The van der Waals surface area contributed by atoms with Gasteiger partial charge in [0.25, 0.3) is 5.91 Å². The third-order valence-electron chi connectivity index (χ3n) is 3.16. The second-order valence-electron chi connectivity index (χ2n) is 4.84. The minimum atomic E-state index is -0.0220.